The summed E-state index contributed by atoms with van der Waals surface area (Å²) in [7, 11) is -3.80. The van der Waals surface area contributed by atoms with Crippen LogP contribution in [-0.4, -0.2) is 35.3 Å². The predicted octanol–water partition coefficient (Wildman–Crippen LogP) is 4.83. The van der Waals surface area contributed by atoms with Crippen LogP contribution < -0.4 is 4.90 Å². The number of halogens is 1. The van der Waals surface area contributed by atoms with Gasteiger partial charge in [-0.1, -0.05) is 48.0 Å². The second kappa shape index (κ2) is 11.2. The van der Waals surface area contributed by atoms with Gasteiger partial charge in [0.05, 0.1) is 35.1 Å². The third-order valence-electron chi connectivity index (χ3n) is 6.52. The minimum Gasteiger partial charge on any atom is -0.364 e. The molecule has 0 radical (unpaired) electrons. The number of nitriles is 1. The van der Waals surface area contributed by atoms with Crippen molar-refractivity contribution < 1.29 is 8.42 Å². The van der Waals surface area contributed by atoms with Gasteiger partial charge in [0.1, 0.15) is 0 Å². The zero-order valence-corrected chi connectivity index (χ0v) is 22.0. The normalized spacial score (nSPS) is 15.1. The number of rotatable bonds is 7. The van der Waals surface area contributed by atoms with Crippen LogP contribution in [-0.2, 0) is 29.5 Å². The van der Waals surface area contributed by atoms with Crippen molar-refractivity contribution >= 4 is 28.1 Å². The first-order chi connectivity index (χ1) is 17.4. The van der Waals surface area contributed by atoms with Crippen LogP contribution in [0.1, 0.15) is 27.9 Å². The zero-order chi connectivity index (χ0) is 25.1. The van der Waals surface area contributed by atoms with Crippen molar-refractivity contribution in [3.8, 4) is 6.07 Å². The van der Waals surface area contributed by atoms with E-state index in [2.05, 4.69) is 20.9 Å². The van der Waals surface area contributed by atoms with Gasteiger partial charge in [0.2, 0.25) is 10.0 Å². The van der Waals surface area contributed by atoms with Crippen molar-refractivity contribution in [2.24, 2.45) is 0 Å². The molecule has 0 spiro atoms. The zero-order valence-electron chi connectivity index (χ0n) is 20.4. The maximum absolute atomic E-state index is 14.0. The van der Waals surface area contributed by atoms with Gasteiger partial charge in [-0.05, 0) is 54.8 Å². The molecule has 7 nitrogen and oxygen atoms in total. The molecule has 3 aromatic carbocycles. The number of hydrogen-bond donors (Lipinski definition) is 1. The number of aryl methyl sites for hydroxylation is 1. The molecule has 0 saturated heterocycles. The van der Waals surface area contributed by atoms with Crippen molar-refractivity contribution in [2.45, 2.75) is 37.4 Å². The van der Waals surface area contributed by atoms with Gasteiger partial charge in [-0.3, -0.25) is 0 Å². The largest absolute Gasteiger partial charge is 0.364 e. The minimum absolute atomic E-state index is 0. The van der Waals surface area contributed by atoms with Gasteiger partial charge in [0.15, 0.2) is 0 Å². The first kappa shape index (κ1) is 26.4. The third kappa shape index (κ3) is 5.70. The first-order valence-electron chi connectivity index (χ1n) is 11.8. The summed E-state index contributed by atoms with van der Waals surface area (Å²) in [4.78, 5) is 9.80. The van der Waals surface area contributed by atoms with E-state index in [1.54, 1.807) is 34.9 Å². The molecule has 5 rings (SSSR count). The summed E-state index contributed by atoms with van der Waals surface area (Å²) in [5.41, 5.74) is 5.40. The van der Waals surface area contributed by atoms with E-state index in [0.717, 1.165) is 28.1 Å². The Balaban J connectivity index is 0.00000320. The van der Waals surface area contributed by atoms with Gasteiger partial charge in [0, 0.05) is 31.0 Å². The van der Waals surface area contributed by atoms with E-state index >= 15 is 0 Å². The predicted molar refractivity (Wildman–Crippen MR) is 146 cm³/mol. The lowest BCUT2D eigenvalue weighted by Crippen LogP contribution is -2.50. The van der Waals surface area contributed by atoms with Crippen LogP contribution in [0.4, 0.5) is 5.69 Å². The van der Waals surface area contributed by atoms with Crippen molar-refractivity contribution in [2.75, 3.05) is 11.4 Å². The van der Waals surface area contributed by atoms with Crippen molar-refractivity contribution in [1.82, 2.24) is 14.3 Å². The number of aromatic amines is 1. The topological polar surface area (TPSA) is 93.1 Å². The first-order valence-corrected chi connectivity index (χ1v) is 13.3. The van der Waals surface area contributed by atoms with Crippen LogP contribution in [0, 0.1) is 18.3 Å². The fourth-order valence-corrected chi connectivity index (χ4v) is 6.47. The molecular formula is C28H28ClN5O2S. The second-order valence-electron chi connectivity index (χ2n) is 9.11. The molecule has 37 heavy (non-hydrogen) atoms. The lowest BCUT2D eigenvalue weighted by molar-refractivity contribution is 0.302. The molecule has 1 aromatic heterocycles. The number of benzene rings is 3. The monoisotopic (exact) mass is 533 g/mol. The Morgan fingerprint density at radius 2 is 1.92 bits per heavy atom. The molecule has 1 atom stereocenters. The summed E-state index contributed by atoms with van der Waals surface area (Å²) in [5, 5.41) is 9.50. The highest BCUT2D eigenvalue weighted by molar-refractivity contribution is 7.89. The molecule has 4 aromatic rings. The van der Waals surface area contributed by atoms with Crippen molar-refractivity contribution in [3.05, 3.63) is 113 Å². The molecule has 1 N–H and O–H groups in total. The van der Waals surface area contributed by atoms with Gasteiger partial charge in [-0.25, -0.2) is 13.4 Å². The maximum atomic E-state index is 14.0. The summed E-state index contributed by atoms with van der Waals surface area (Å²) >= 11 is 0. The number of anilines is 1. The quantitative estimate of drug-likeness (QED) is 0.367. The average Bonchev–Trinajstić information content (AvgIpc) is 3.40. The molecule has 0 fully saturated rings. The summed E-state index contributed by atoms with van der Waals surface area (Å²) in [6.45, 7) is 3.30. The Morgan fingerprint density at radius 1 is 1.11 bits per heavy atom. The van der Waals surface area contributed by atoms with Crippen LogP contribution in [0.25, 0.3) is 0 Å². The number of nitrogens with zero attached hydrogens (tertiary/aromatic N) is 4. The van der Waals surface area contributed by atoms with E-state index in [0.29, 0.717) is 25.1 Å². The number of fused-ring (bicyclic) bond motifs is 1. The van der Waals surface area contributed by atoms with E-state index in [-0.39, 0.29) is 29.9 Å². The van der Waals surface area contributed by atoms with E-state index < -0.39 is 10.0 Å². The second-order valence-corrected chi connectivity index (χ2v) is 11.0. The van der Waals surface area contributed by atoms with Gasteiger partial charge in [-0.15, -0.1) is 12.4 Å². The summed E-state index contributed by atoms with van der Waals surface area (Å²) in [6, 6.07) is 24.1. The van der Waals surface area contributed by atoms with E-state index in [1.165, 1.54) is 0 Å². The number of imidazole rings is 1. The number of H-pyrrole nitrogens is 1. The molecule has 0 saturated carbocycles. The fraction of sp³-hybridized carbons (Fsp3) is 0.214. The molecule has 1 aliphatic heterocycles. The highest BCUT2D eigenvalue weighted by atomic mass is 35.5. The van der Waals surface area contributed by atoms with Crippen LogP contribution in [0.2, 0.25) is 0 Å². The molecule has 2 heterocycles. The number of sulfonamides is 1. The minimum atomic E-state index is -3.80. The van der Waals surface area contributed by atoms with Crippen molar-refractivity contribution in [3.63, 3.8) is 0 Å². The van der Waals surface area contributed by atoms with Crippen LogP contribution >= 0.6 is 12.4 Å². The highest BCUT2D eigenvalue weighted by Gasteiger charge is 2.36. The van der Waals surface area contributed by atoms with Crippen LogP contribution in [0.5, 0.6) is 0 Å². The van der Waals surface area contributed by atoms with Crippen LogP contribution in [0.3, 0.4) is 0 Å². The molecular weight excluding hydrogens is 506 g/mol. The summed E-state index contributed by atoms with van der Waals surface area (Å²) in [6.07, 6.45) is 4.00. The lowest BCUT2D eigenvalue weighted by Gasteiger charge is -2.40. The highest BCUT2D eigenvalue weighted by Crippen LogP contribution is 2.33. The van der Waals surface area contributed by atoms with Gasteiger partial charge in [-0.2, -0.15) is 9.57 Å². The van der Waals surface area contributed by atoms with Crippen molar-refractivity contribution in [1.29, 1.82) is 5.26 Å². The Morgan fingerprint density at radius 3 is 2.62 bits per heavy atom. The Hall–Kier alpha value is -3.64. The summed E-state index contributed by atoms with van der Waals surface area (Å²) in [5.74, 6) is 0. The van der Waals surface area contributed by atoms with E-state index in [4.69, 9.17) is 0 Å². The maximum Gasteiger partial charge on any atom is 0.243 e. The molecule has 190 valence electrons. The van der Waals surface area contributed by atoms with Gasteiger partial charge in [0.25, 0.3) is 0 Å². The van der Waals surface area contributed by atoms with E-state index in [9.17, 15) is 13.7 Å². The Labute approximate surface area is 223 Å². The smallest absolute Gasteiger partial charge is 0.243 e. The molecule has 0 aliphatic carbocycles. The van der Waals surface area contributed by atoms with E-state index in [1.807, 2.05) is 61.7 Å². The molecule has 1 unspecified atom stereocenters. The molecule has 0 bridgehead atoms. The number of aromatic nitrogens is 2. The van der Waals surface area contributed by atoms with Crippen LogP contribution in [0.15, 0.2) is 90.2 Å². The molecule has 0 amide bonds. The fourth-order valence-electron chi connectivity index (χ4n) is 4.84. The molecule has 9 heteroatoms. The lowest BCUT2D eigenvalue weighted by atomic mass is 9.95. The number of nitrogens with one attached hydrogen (secondary N) is 1. The van der Waals surface area contributed by atoms with Gasteiger partial charge >= 0.3 is 0 Å². The Kier molecular flexibility index (Phi) is 7.98. The molecule has 1 aliphatic rings. The average molecular weight is 534 g/mol. The van der Waals surface area contributed by atoms with Gasteiger partial charge < -0.3 is 9.88 Å². The Bertz CT molecular complexity index is 1500. The third-order valence-corrected chi connectivity index (χ3v) is 8.43. The SMILES string of the molecule is Cc1cccc(CN(C2Cc3cc(C#N)ccc3N(Cc3c[nH]cn3)C2)S(=O)(=O)c2ccccc2)c1.Cl. The summed E-state index contributed by atoms with van der Waals surface area (Å²) < 4.78 is 29.7. The number of hydrogen-bond acceptors (Lipinski definition) is 5. The standard InChI is InChI=1S/C28H27N5O2S.ClH/c1-21-6-5-7-23(12-21)17-33(36(34,35)27-8-3-2-4-9-27)26-14-24-13-22(15-29)10-11-28(24)32(19-26)18-25-16-30-20-31-25;/h2-13,16,20,26H,14,17-19H2,1H3,(H,30,31);1H.